The van der Waals surface area contributed by atoms with E-state index in [2.05, 4.69) is 15.3 Å². The largest absolute Gasteiger partial charge is 0.475 e. The van der Waals surface area contributed by atoms with Crippen LogP contribution in [0.4, 0.5) is 5.82 Å². The number of carboxylic acid groups (broad SMARTS) is 1. The Bertz CT molecular complexity index is 561. The minimum absolute atomic E-state index is 0.140. The molecule has 0 aliphatic carbocycles. The van der Waals surface area contributed by atoms with Gasteiger partial charge in [0.2, 0.25) is 5.82 Å². The van der Waals surface area contributed by atoms with Crippen molar-refractivity contribution in [1.29, 1.82) is 0 Å². The van der Waals surface area contributed by atoms with Crippen molar-refractivity contribution in [1.82, 2.24) is 14.5 Å². The summed E-state index contributed by atoms with van der Waals surface area (Å²) in [6, 6.07) is 0. The average Bonchev–Trinajstić information content (AvgIpc) is 2.86. The van der Waals surface area contributed by atoms with Crippen LogP contribution in [0.15, 0.2) is 17.1 Å². The lowest BCUT2D eigenvalue weighted by atomic mass is 10.4. The first-order valence-electron chi connectivity index (χ1n) is 4.54. The van der Waals surface area contributed by atoms with Gasteiger partial charge in [-0.25, -0.2) is 14.8 Å². The van der Waals surface area contributed by atoms with Gasteiger partial charge in [0.1, 0.15) is 5.69 Å². The van der Waals surface area contributed by atoms with Crippen LogP contribution >= 0.6 is 11.3 Å². The second kappa shape index (κ2) is 4.34. The van der Waals surface area contributed by atoms with Crippen LogP contribution in [-0.2, 0) is 7.05 Å². The lowest BCUT2D eigenvalue weighted by Gasteiger charge is -1.96. The Labute approximate surface area is 99.7 Å². The first-order chi connectivity index (χ1) is 8.08. The predicted octanol–water partition coefficient (Wildman–Crippen LogP) is 0.827. The third-order valence-corrected chi connectivity index (χ3v) is 2.56. The van der Waals surface area contributed by atoms with Gasteiger partial charge < -0.3 is 15.0 Å². The van der Waals surface area contributed by atoms with E-state index in [0.29, 0.717) is 0 Å². The molecule has 0 fully saturated rings. The molecule has 0 saturated heterocycles. The number of carboxylic acids is 1. The summed E-state index contributed by atoms with van der Waals surface area (Å²) in [7, 11) is 1.54. The second-order valence-electron chi connectivity index (χ2n) is 3.19. The minimum atomic E-state index is -1.15. The number of rotatable bonds is 3. The molecule has 88 valence electrons. The molecule has 0 spiro atoms. The molecular formula is C9H8N4O3S. The molecule has 2 rings (SSSR count). The Kier molecular flexibility index (Phi) is 2.88. The predicted molar refractivity (Wildman–Crippen MR) is 60.2 cm³/mol. The molecule has 0 bridgehead atoms. The van der Waals surface area contributed by atoms with Gasteiger partial charge in [0.05, 0.1) is 5.51 Å². The number of aromatic carboxylic acids is 1. The highest BCUT2D eigenvalue weighted by Crippen LogP contribution is 2.09. The maximum absolute atomic E-state index is 11.6. The number of hydrogen-bond donors (Lipinski definition) is 2. The molecule has 0 radical (unpaired) electrons. The van der Waals surface area contributed by atoms with Gasteiger partial charge in [-0.1, -0.05) is 0 Å². The lowest BCUT2D eigenvalue weighted by Crippen LogP contribution is -2.12. The minimum Gasteiger partial charge on any atom is -0.475 e. The van der Waals surface area contributed by atoms with Gasteiger partial charge in [-0.2, -0.15) is 0 Å². The standard InChI is InChI=1S/C9H8N4O3S/c1-13-2-6(11-7(13)9(15)16)12-8(14)5-3-17-4-10-5/h2-4H,1H3,(H,12,14)(H,15,16). The molecule has 0 saturated carbocycles. The van der Waals surface area contributed by atoms with Gasteiger partial charge in [-0.05, 0) is 0 Å². The highest BCUT2D eigenvalue weighted by atomic mass is 32.1. The van der Waals surface area contributed by atoms with Crippen LogP contribution in [0, 0.1) is 0 Å². The third-order valence-electron chi connectivity index (χ3n) is 1.97. The van der Waals surface area contributed by atoms with Gasteiger partial charge >= 0.3 is 5.97 Å². The zero-order chi connectivity index (χ0) is 12.4. The van der Waals surface area contributed by atoms with Crippen LogP contribution in [-0.4, -0.2) is 31.5 Å². The molecule has 0 aliphatic rings. The molecule has 7 nitrogen and oxygen atoms in total. The molecule has 1 amide bonds. The molecule has 2 heterocycles. The molecule has 2 aromatic heterocycles. The van der Waals surface area contributed by atoms with Gasteiger partial charge in [-0.15, -0.1) is 11.3 Å². The van der Waals surface area contributed by atoms with Gasteiger partial charge in [0.25, 0.3) is 5.91 Å². The fourth-order valence-electron chi connectivity index (χ4n) is 1.23. The summed E-state index contributed by atoms with van der Waals surface area (Å²) in [6.07, 6.45) is 1.42. The van der Waals surface area contributed by atoms with E-state index < -0.39 is 11.9 Å². The molecule has 0 aliphatic heterocycles. The van der Waals surface area contributed by atoms with Crippen molar-refractivity contribution in [3.63, 3.8) is 0 Å². The Morgan fingerprint density at radius 2 is 2.29 bits per heavy atom. The van der Waals surface area contributed by atoms with Crippen molar-refractivity contribution < 1.29 is 14.7 Å². The van der Waals surface area contributed by atoms with Gasteiger partial charge in [0.15, 0.2) is 5.82 Å². The monoisotopic (exact) mass is 252 g/mol. The molecule has 2 aromatic rings. The fourth-order valence-corrected chi connectivity index (χ4v) is 1.76. The number of aromatic nitrogens is 3. The quantitative estimate of drug-likeness (QED) is 0.843. The van der Waals surface area contributed by atoms with Crippen molar-refractivity contribution >= 4 is 29.0 Å². The second-order valence-corrected chi connectivity index (χ2v) is 3.91. The number of hydrogen-bond acceptors (Lipinski definition) is 5. The fraction of sp³-hybridized carbons (Fsp3) is 0.111. The zero-order valence-corrected chi connectivity index (χ0v) is 9.56. The molecular weight excluding hydrogens is 244 g/mol. The number of thiazole rings is 1. The summed E-state index contributed by atoms with van der Waals surface area (Å²) >= 11 is 1.30. The van der Waals surface area contributed by atoms with Crippen molar-refractivity contribution in [2.24, 2.45) is 7.05 Å². The summed E-state index contributed by atoms with van der Waals surface area (Å²) in [4.78, 5) is 29.9. The Balaban J connectivity index is 2.17. The van der Waals surface area contributed by atoms with E-state index in [9.17, 15) is 9.59 Å². The first kappa shape index (κ1) is 11.3. The van der Waals surface area contributed by atoms with Crippen molar-refractivity contribution in [2.75, 3.05) is 5.32 Å². The van der Waals surface area contributed by atoms with Crippen molar-refractivity contribution in [2.45, 2.75) is 0 Å². The molecule has 0 aromatic carbocycles. The number of nitrogens with one attached hydrogen (secondary N) is 1. The number of anilines is 1. The number of aryl methyl sites for hydroxylation is 1. The van der Waals surface area contributed by atoms with Crippen LogP contribution < -0.4 is 5.32 Å². The SMILES string of the molecule is Cn1cc(NC(=O)c2cscn2)nc1C(=O)O. The molecule has 0 atom stereocenters. The number of imidazole rings is 1. The summed E-state index contributed by atoms with van der Waals surface area (Å²) in [5.74, 6) is -1.52. The van der Waals surface area contributed by atoms with E-state index in [-0.39, 0.29) is 17.3 Å². The maximum atomic E-state index is 11.6. The normalized spacial score (nSPS) is 10.2. The highest BCUT2D eigenvalue weighted by Gasteiger charge is 2.15. The van der Waals surface area contributed by atoms with E-state index in [1.807, 2.05) is 0 Å². The Morgan fingerprint density at radius 3 is 2.82 bits per heavy atom. The summed E-state index contributed by atoms with van der Waals surface area (Å²) in [6.45, 7) is 0. The zero-order valence-electron chi connectivity index (χ0n) is 8.75. The highest BCUT2D eigenvalue weighted by molar-refractivity contribution is 7.07. The van der Waals surface area contributed by atoms with E-state index in [1.165, 1.54) is 34.7 Å². The lowest BCUT2D eigenvalue weighted by molar-refractivity contribution is 0.0679. The Hall–Kier alpha value is -2.22. The molecule has 2 N–H and O–H groups in total. The Morgan fingerprint density at radius 1 is 1.53 bits per heavy atom. The first-order valence-corrected chi connectivity index (χ1v) is 5.48. The molecule has 17 heavy (non-hydrogen) atoms. The number of amides is 1. The maximum Gasteiger partial charge on any atom is 0.372 e. The van der Waals surface area contributed by atoms with Gasteiger partial charge in [0, 0.05) is 18.6 Å². The van der Waals surface area contributed by atoms with E-state index in [1.54, 1.807) is 5.38 Å². The van der Waals surface area contributed by atoms with E-state index >= 15 is 0 Å². The van der Waals surface area contributed by atoms with Gasteiger partial charge in [-0.3, -0.25) is 4.79 Å². The van der Waals surface area contributed by atoms with Crippen LogP contribution in [0.2, 0.25) is 0 Å². The smallest absolute Gasteiger partial charge is 0.372 e. The number of nitrogens with zero attached hydrogens (tertiary/aromatic N) is 3. The average molecular weight is 252 g/mol. The van der Waals surface area contributed by atoms with E-state index in [4.69, 9.17) is 5.11 Å². The van der Waals surface area contributed by atoms with Crippen LogP contribution in [0.25, 0.3) is 0 Å². The number of carbonyl (C=O) groups excluding carboxylic acids is 1. The van der Waals surface area contributed by atoms with Crippen LogP contribution in [0.3, 0.4) is 0 Å². The summed E-state index contributed by atoms with van der Waals surface area (Å²) in [5.41, 5.74) is 1.81. The third kappa shape index (κ3) is 2.31. The van der Waals surface area contributed by atoms with Crippen LogP contribution in [0.5, 0.6) is 0 Å². The molecule has 0 unspecified atom stereocenters. The van der Waals surface area contributed by atoms with Crippen molar-refractivity contribution in [3.8, 4) is 0 Å². The van der Waals surface area contributed by atoms with Crippen molar-refractivity contribution in [3.05, 3.63) is 28.6 Å². The van der Waals surface area contributed by atoms with Crippen LogP contribution in [0.1, 0.15) is 21.1 Å². The summed E-state index contributed by atoms with van der Waals surface area (Å²) in [5, 5.41) is 12.9. The summed E-state index contributed by atoms with van der Waals surface area (Å²) < 4.78 is 1.32. The topological polar surface area (TPSA) is 97.1 Å². The molecule has 8 heteroatoms. The van der Waals surface area contributed by atoms with E-state index in [0.717, 1.165) is 0 Å². The number of carbonyl (C=O) groups is 2.